The van der Waals surface area contributed by atoms with E-state index < -0.39 is 36.3 Å². The third-order valence-electron chi connectivity index (χ3n) is 5.80. The standard InChI is InChI=1S/C25H27N3O7/c1-15(2)22(16-5-10-19-20(13-16)35-12-4-11-34-19)26-21(29)14-27-23(30)24(31)28(25(27)32)17-6-8-18(33-3)9-7-17/h5-10,13,15,22H,4,11-12,14H2,1-3H3,(H,26,29). The van der Waals surface area contributed by atoms with Gasteiger partial charge >= 0.3 is 17.8 Å². The van der Waals surface area contributed by atoms with Crippen molar-refractivity contribution in [2.24, 2.45) is 5.92 Å². The molecule has 0 aliphatic carbocycles. The number of nitrogens with zero attached hydrogens (tertiary/aromatic N) is 2. The fourth-order valence-corrected chi connectivity index (χ4v) is 3.97. The second-order valence-electron chi connectivity index (χ2n) is 8.56. The number of imide groups is 2. The van der Waals surface area contributed by atoms with Gasteiger partial charge in [-0.2, -0.15) is 0 Å². The summed E-state index contributed by atoms with van der Waals surface area (Å²) < 4.78 is 16.5. The van der Waals surface area contributed by atoms with E-state index in [1.54, 1.807) is 18.2 Å². The highest BCUT2D eigenvalue weighted by molar-refractivity contribution is 6.53. The van der Waals surface area contributed by atoms with E-state index in [2.05, 4.69) is 5.32 Å². The molecule has 1 unspecified atom stereocenters. The maximum atomic E-state index is 12.9. The normalized spacial score (nSPS) is 16.4. The van der Waals surface area contributed by atoms with E-state index in [-0.39, 0.29) is 11.6 Å². The molecule has 2 aliphatic heterocycles. The van der Waals surface area contributed by atoms with Crippen LogP contribution in [0.3, 0.4) is 0 Å². The molecule has 1 fully saturated rings. The van der Waals surface area contributed by atoms with E-state index in [1.807, 2.05) is 26.0 Å². The molecule has 2 aliphatic rings. The van der Waals surface area contributed by atoms with Gasteiger partial charge in [0, 0.05) is 6.42 Å². The first-order valence-corrected chi connectivity index (χ1v) is 11.3. The summed E-state index contributed by atoms with van der Waals surface area (Å²) in [5.41, 5.74) is 1.01. The van der Waals surface area contributed by atoms with Gasteiger partial charge in [-0.05, 0) is 47.9 Å². The maximum Gasteiger partial charge on any atom is 0.339 e. The third kappa shape index (κ3) is 4.91. The quantitative estimate of drug-likeness (QED) is 0.478. The topological polar surface area (TPSA) is 114 Å². The number of nitrogens with one attached hydrogen (secondary N) is 1. The molecule has 0 bridgehead atoms. The first kappa shape index (κ1) is 24.1. The van der Waals surface area contributed by atoms with Gasteiger partial charge in [0.2, 0.25) is 5.91 Å². The van der Waals surface area contributed by atoms with Crippen LogP contribution in [-0.2, 0) is 14.4 Å². The molecule has 0 radical (unpaired) electrons. The van der Waals surface area contributed by atoms with Crippen LogP contribution in [0.25, 0.3) is 0 Å². The van der Waals surface area contributed by atoms with Gasteiger partial charge in [0.15, 0.2) is 11.5 Å². The summed E-state index contributed by atoms with van der Waals surface area (Å²) in [5, 5.41) is 2.88. The van der Waals surface area contributed by atoms with Crippen LogP contribution in [0, 0.1) is 5.92 Å². The number of hydrogen-bond acceptors (Lipinski definition) is 7. The van der Waals surface area contributed by atoms with Crippen LogP contribution in [0.5, 0.6) is 17.2 Å². The Morgan fingerprint density at radius 1 is 1.00 bits per heavy atom. The minimum Gasteiger partial charge on any atom is -0.497 e. The predicted octanol–water partition coefficient (Wildman–Crippen LogP) is 2.67. The number of carbonyl (C=O) groups excluding carboxylic acids is 4. The number of rotatable bonds is 7. The highest BCUT2D eigenvalue weighted by Crippen LogP contribution is 2.34. The first-order chi connectivity index (χ1) is 16.8. The minimum absolute atomic E-state index is 0.00823. The number of amides is 5. The third-order valence-corrected chi connectivity index (χ3v) is 5.80. The molecule has 1 N–H and O–H groups in total. The van der Waals surface area contributed by atoms with Crippen molar-refractivity contribution in [2.45, 2.75) is 26.3 Å². The van der Waals surface area contributed by atoms with Gasteiger partial charge in [0.1, 0.15) is 12.3 Å². The lowest BCUT2D eigenvalue weighted by atomic mass is 9.95. The summed E-state index contributed by atoms with van der Waals surface area (Å²) in [6.45, 7) is 4.40. The van der Waals surface area contributed by atoms with Crippen molar-refractivity contribution in [1.82, 2.24) is 10.2 Å². The second kappa shape index (κ2) is 10.0. The number of hydrogen-bond donors (Lipinski definition) is 1. The Morgan fingerprint density at radius 3 is 2.34 bits per heavy atom. The van der Waals surface area contributed by atoms with Gasteiger partial charge < -0.3 is 19.5 Å². The van der Waals surface area contributed by atoms with Crippen LogP contribution in [0.1, 0.15) is 31.9 Å². The molecule has 0 saturated carbocycles. The van der Waals surface area contributed by atoms with Crippen molar-refractivity contribution in [3.63, 3.8) is 0 Å². The van der Waals surface area contributed by atoms with Gasteiger partial charge in [0.05, 0.1) is 32.1 Å². The molecule has 184 valence electrons. The van der Waals surface area contributed by atoms with Crippen LogP contribution in [0.2, 0.25) is 0 Å². The van der Waals surface area contributed by atoms with E-state index >= 15 is 0 Å². The summed E-state index contributed by atoms with van der Waals surface area (Å²) in [6, 6.07) is 10.3. The highest BCUT2D eigenvalue weighted by Gasteiger charge is 2.46. The van der Waals surface area contributed by atoms with Crippen molar-refractivity contribution in [3.05, 3.63) is 48.0 Å². The number of methoxy groups -OCH3 is 1. The average Bonchev–Trinajstić information content (AvgIpc) is 3.01. The van der Waals surface area contributed by atoms with E-state index in [1.165, 1.54) is 19.2 Å². The Balaban J connectivity index is 1.48. The molecule has 10 heteroatoms. The van der Waals surface area contributed by atoms with Crippen LogP contribution < -0.4 is 24.4 Å². The lowest BCUT2D eigenvalue weighted by Crippen LogP contribution is -2.43. The molecule has 0 spiro atoms. The molecule has 1 saturated heterocycles. The van der Waals surface area contributed by atoms with Gasteiger partial charge in [-0.1, -0.05) is 19.9 Å². The SMILES string of the molecule is COc1ccc(N2C(=O)C(=O)N(CC(=O)NC(c3ccc4c(c3)OCCCO4)C(C)C)C2=O)cc1. The fraction of sp³-hybridized carbons (Fsp3) is 0.360. The Labute approximate surface area is 202 Å². The maximum absolute atomic E-state index is 12.9. The lowest BCUT2D eigenvalue weighted by molar-refractivity contribution is -0.140. The molecular formula is C25H27N3O7. The van der Waals surface area contributed by atoms with E-state index in [0.717, 1.165) is 16.9 Å². The molecule has 10 nitrogen and oxygen atoms in total. The van der Waals surface area contributed by atoms with Gasteiger partial charge in [-0.25, -0.2) is 14.6 Å². The van der Waals surface area contributed by atoms with Crippen molar-refractivity contribution in [2.75, 3.05) is 31.8 Å². The largest absolute Gasteiger partial charge is 0.497 e. The van der Waals surface area contributed by atoms with E-state index in [4.69, 9.17) is 14.2 Å². The Morgan fingerprint density at radius 2 is 1.69 bits per heavy atom. The summed E-state index contributed by atoms with van der Waals surface area (Å²) in [7, 11) is 1.49. The molecule has 2 heterocycles. The number of urea groups is 1. The molecule has 2 aromatic rings. The highest BCUT2D eigenvalue weighted by atomic mass is 16.5. The fourth-order valence-electron chi connectivity index (χ4n) is 3.97. The second-order valence-corrected chi connectivity index (χ2v) is 8.56. The summed E-state index contributed by atoms with van der Waals surface area (Å²) in [6.07, 6.45) is 0.776. The first-order valence-electron chi connectivity index (χ1n) is 11.3. The zero-order valence-electron chi connectivity index (χ0n) is 19.8. The zero-order chi connectivity index (χ0) is 25.1. The van der Waals surface area contributed by atoms with Crippen LogP contribution in [-0.4, -0.2) is 55.5 Å². The molecule has 35 heavy (non-hydrogen) atoms. The molecule has 4 rings (SSSR count). The van der Waals surface area contributed by atoms with Crippen LogP contribution >= 0.6 is 0 Å². The Kier molecular flexibility index (Phi) is 6.90. The van der Waals surface area contributed by atoms with E-state index in [9.17, 15) is 19.2 Å². The van der Waals surface area contributed by atoms with Gasteiger partial charge in [0.25, 0.3) is 0 Å². The van der Waals surface area contributed by atoms with E-state index in [0.29, 0.717) is 35.4 Å². The van der Waals surface area contributed by atoms with Crippen molar-refractivity contribution in [1.29, 1.82) is 0 Å². The minimum atomic E-state index is -1.06. The smallest absolute Gasteiger partial charge is 0.339 e. The van der Waals surface area contributed by atoms with Crippen LogP contribution in [0.15, 0.2) is 42.5 Å². The lowest BCUT2D eigenvalue weighted by Gasteiger charge is -2.25. The van der Waals surface area contributed by atoms with Gasteiger partial charge in [-0.3, -0.25) is 14.4 Å². The van der Waals surface area contributed by atoms with Crippen molar-refractivity contribution >= 4 is 29.4 Å². The molecule has 1 atom stereocenters. The molecular weight excluding hydrogens is 454 g/mol. The number of anilines is 1. The predicted molar refractivity (Wildman–Crippen MR) is 125 cm³/mol. The number of benzene rings is 2. The number of carbonyl (C=O) groups is 4. The number of ether oxygens (including phenoxy) is 3. The molecule has 2 aromatic carbocycles. The summed E-state index contributed by atoms with van der Waals surface area (Å²) in [5.74, 6) is -0.872. The summed E-state index contributed by atoms with van der Waals surface area (Å²) in [4.78, 5) is 52.2. The van der Waals surface area contributed by atoms with Crippen molar-refractivity contribution in [3.8, 4) is 17.2 Å². The average molecular weight is 482 g/mol. The summed E-state index contributed by atoms with van der Waals surface area (Å²) >= 11 is 0. The van der Waals surface area contributed by atoms with Gasteiger partial charge in [-0.15, -0.1) is 0 Å². The Bertz CT molecular complexity index is 1150. The van der Waals surface area contributed by atoms with Crippen molar-refractivity contribution < 1.29 is 33.4 Å². The Hall–Kier alpha value is -4.08. The molecule has 5 amide bonds. The van der Waals surface area contributed by atoms with Crippen LogP contribution in [0.4, 0.5) is 10.5 Å². The zero-order valence-corrected chi connectivity index (χ0v) is 19.8. The molecule has 0 aromatic heterocycles. The number of fused-ring (bicyclic) bond motifs is 1. The monoisotopic (exact) mass is 481 g/mol.